The van der Waals surface area contributed by atoms with Gasteiger partial charge in [0, 0.05) is 4.47 Å². The minimum absolute atomic E-state index is 0.0464. The van der Waals surface area contributed by atoms with Crippen molar-refractivity contribution < 1.29 is 4.39 Å². The molecule has 0 unspecified atom stereocenters. The Kier molecular flexibility index (Phi) is 3.68. The van der Waals surface area contributed by atoms with Gasteiger partial charge in [-0.2, -0.15) is 5.10 Å². The molecule has 94 valence electrons. The smallest absolute Gasteiger partial charge is 0.221 e. The summed E-state index contributed by atoms with van der Waals surface area (Å²) in [7, 11) is 0. The van der Waals surface area contributed by atoms with E-state index in [-0.39, 0.29) is 11.0 Å². The number of anilines is 1. The summed E-state index contributed by atoms with van der Waals surface area (Å²) in [5, 5.41) is 4.13. The number of rotatable bonds is 2. The Balaban J connectivity index is 2.32. The van der Waals surface area contributed by atoms with Crippen LogP contribution in [0.15, 0.2) is 27.9 Å². The molecular weight excluding hydrogens is 323 g/mol. The number of aryl methyl sites for hydroxylation is 1. The molecule has 18 heavy (non-hydrogen) atoms. The first-order valence-electron chi connectivity index (χ1n) is 4.97. The molecule has 0 atom stereocenters. The molecule has 1 aromatic carbocycles. The molecule has 0 fully saturated rings. The van der Waals surface area contributed by atoms with Crippen molar-refractivity contribution in [1.82, 2.24) is 9.66 Å². The zero-order valence-corrected chi connectivity index (χ0v) is 11.7. The number of imidazole rings is 1. The molecule has 0 saturated carbocycles. The van der Waals surface area contributed by atoms with Gasteiger partial charge in [0.15, 0.2) is 0 Å². The quantitative estimate of drug-likeness (QED) is 0.678. The Hall–Kier alpha value is -1.40. The first-order chi connectivity index (χ1) is 8.47. The first kappa shape index (κ1) is 13.0. The number of halogens is 3. The zero-order chi connectivity index (χ0) is 13.3. The summed E-state index contributed by atoms with van der Waals surface area (Å²) in [6.45, 7) is 1.81. The van der Waals surface area contributed by atoms with Gasteiger partial charge in [-0.25, -0.2) is 14.1 Å². The molecule has 2 aromatic rings. The molecule has 0 radical (unpaired) electrons. The highest BCUT2D eigenvalue weighted by Gasteiger charge is 2.06. The molecule has 2 rings (SSSR count). The van der Waals surface area contributed by atoms with Gasteiger partial charge >= 0.3 is 0 Å². The molecule has 7 heteroatoms. The number of hydrogen-bond donors (Lipinski definition) is 1. The van der Waals surface area contributed by atoms with Crippen molar-refractivity contribution in [2.75, 3.05) is 5.73 Å². The molecular formula is C11H9BrClFN4. The van der Waals surface area contributed by atoms with Crippen LogP contribution in [0.2, 0.25) is 5.02 Å². The summed E-state index contributed by atoms with van der Waals surface area (Å²) in [4.78, 5) is 4.00. The highest BCUT2D eigenvalue weighted by molar-refractivity contribution is 9.10. The summed E-state index contributed by atoms with van der Waals surface area (Å²) in [6.07, 6.45) is 3.15. The molecule has 0 bridgehead atoms. The average molecular weight is 332 g/mol. The molecule has 4 nitrogen and oxygen atoms in total. The lowest BCUT2D eigenvalue weighted by Crippen LogP contribution is -1.97. The summed E-state index contributed by atoms with van der Waals surface area (Å²) in [5.74, 6) is -0.237. The molecule has 1 aromatic heterocycles. The van der Waals surface area contributed by atoms with Gasteiger partial charge in [-0.05, 0) is 40.5 Å². The average Bonchev–Trinajstić information content (AvgIpc) is 2.62. The Morgan fingerprint density at radius 3 is 2.83 bits per heavy atom. The second-order valence-electron chi connectivity index (χ2n) is 3.63. The summed E-state index contributed by atoms with van der Waals surface area (Å²) in [6, 6.07) is 2.95. The molecule has 0 aliphatic rings. The lowest BCUT2D eigenvalue weighted by atomic mass is 10.2. The molecule has 0 aliphatic carbocycles. The molecule has 2 N–H and O–H groups in total. The predicted octanol–water partition coefficient (Wildman–Crippen LogP) is 3.21. The number of hydrogen-bond acceptors (Lipinski definition) is 3. The van der Waals surface area contributed by atoms with Crippen molar-refractivity contribution in [3.63, 3.8) is 0 Å². The normalized spacial score (nSPS) is 11.3. The van der Waals surface area contributed by atoms with Crippen LogP contribution in [-0.4, -0.2) is 15.9 Å². The van der Waals surface area contributed by atoms with Crippen LogP contribution < -0.4 is 5.73 Å². The van der Waals surface area contributed by atoms with E-state index in [1.54, 1.807) is 19.2 Å². The molecule has 0 saturated heterocycles. The highest BCUT2D eigenvalue weighted by atomic mass is 79.9. The predicted molar refractivity (Wildman–Crippen MR) is 73.5 cm³/mol. The maximum Gasteiger partial charge on any atom is 0.221 e. The molecule has 0 aliphatic heterocycles. The molecule has 0 amide bonds. The van der Waals surface area contributed by atoms with Gasteiger partial charge in [0.1, 0.15) is 5.82 Å². The fourth-order valence-corrected chi connectivity index (χ4v) is 1.94. The SMILES string of the molecule is Cc1cn(N=Cc2cc(F)c(Cl)c(Br)c2)c(N)n1. The van der Waals surface area contributed by atoms with Crippen LogP contribution >= 0.6 is 27.5 Å². The fourth-order valence-electron chi connectivity index (χ4n) is 1.37. The minimum Gasteiger partial charge on any atom is -0.368 e. The van der Waals surface area contributed by atoms with Crippen LogP contribution in [-0.2, 0) is 0 Å². The van der Waals surface area contributed by atoms with Gasteiger partial charge < -0.3 is 5.73 Å². The number of benzene rings is 1. The van der Waals surface area contributed by atoms with Gasteiger partial charge in [-0.3, -0.25) is 0 Å². The van der Waals surface area contributed by atoms with Crippen molar-refractivity contribution >= 4 is 39.7 Å². The lowest BCUT2D eigenvalue weighted by Gasteiger charge is -2.00. The van der Waals surface area contributed by atoms with E-state index in [9.17, 15) is 4.39 Å². The standard InChI is InChI=1S/C11H9BrClFN4/c1-6-5-18(11(15)17-6)16-4-7-2-8(12)10(13)9(14)3-7/h2-5H,1H3,(H2,15,17). The van der Waals surface area contributed by atoms with E-state index >= 15 is 0 Å². The lowest BCUT2D eigenvalue weighted by molar-refractivity contribution is 0.627. The Morgan fingerprint density at radius 1 is 1.56 bits per heavy atom. The number of aromatic nitrogens is 2. The van der Waals surface area contributed by atoms with Crippen LogP contribution in [0, 0.1) is 12.7 Å². The van der Waals surface area contributed by atoms with Crippen LogP contribution in [0.3, 0.4) is 0 Å². The summed E-state index contributed by atoms with van der Waals surface area (Å²) < 4.78 is 15.3. The van der Waals surface area contributed by atoms with Crippen molar-refractivity contribution in [2.24, 2.45) is 5.10 Å². The van der Waals surface area contributed by atoms with Gasteiger partial charge in [-0.15, -0.1) is 0 Å². The Labute approximate surface area is 116 Å². The zero-order valence-electron chi connectivity index (χ0n) is 9.36. The third-order valence-corrected chi connectivity index (χ3v) is 3.41. The number of nitrogens with zero attached hydrogens (tertiary/aromatic N) is 3. The van der Waals surface area contributed by atoms with Crippen LogP contribution in [0.4, 0.5) is 10.3 Å². The van der Waals surface area contributed by atoms with Crippen molar-refractivity contribution in [2.45, 2.75) is 6.92 Å². The van der Waals surface area contributed by atoms with Gasteiger partial charge in [0.05, 0.1) is 23.1 Å². The van der Waals surface area contributed by atoms with Crippen molar-refractivity contribution in [1.29, 1.82) is 0 Å². The van der Waals surface area contributed by atoms with E-state index in [0.29, 0.717) is 10.0 Å². The summed E-state index contributed by atoms with van der Waals surface area (Å²) >= 11 is 8.86. The molecule has 0 spiro atoms. The topological polar surface area (TPSA) is 56.2 Å². The number of nitrogen functional groups attached to an aromatic ring is 1. The van der Waals surface area contributed by atoms with Gasteiger partial charge in [0.25, 0.3) is 0 Å². The maximum absolute atomic E-state index is 13.4. The molecule has 1 heterocycles. The first-order valence-corrected chi connectivity index (χ1v) is 6.15. The van der Waals surface area contributed by atoms with E-state index in [1.165, 1.54) is 17.0 Å². The second kappa shape index (κ2) is 5.07. The van der Waals surface area contributed by atoms with Crippen LogP contribution in [0.25, 0.3) is 0 Å². The third-order valence-electron chi connectivity index (χ3n) is 2.17. The Bertz CT molecular complexity index is 600. The number of nitrogens with two attached hydrogens (primary N) is 1. The highest BCUT2D eigenvalue weighted by Crippen LogP contribution is 2.26. The largest absolute Gasteiger partial charge is 0.368 e. The van der Waals surface area contributed by atoms with Crippen molar-refractivity contribution in [3.8, 4) is 0 Å². The van der Waals surface area contributed by atoms with Crippen LogP contribution in [0.1, 0.15) is 11.3 Å². The van der Waals surface area contributed by atoms with E-state index in [0.717, 1.165) is 5.69 Å². The maximum atomic E-state index is 13.4. The van der Waals surface area contributed by atoms with E-state index in [4.69, 9.17) is 17.3 Å². The third kappa shape index (κ3) is 2.70. The van der Waals surface area contributed by atoms with E-state index < -0.39 is 5.82 Å². The second-order valence-corrected chi connectivity index (χ2v) is 4.86. The Morgan fingerprint density at radius 2 is 2.28 bits per heavy atom. The monoisotopic (exact) mass is 330 g/mol. The minimum atomic E-state index is -0.512. The fraction of sp³-hybridized carbons (Fsp3) is 0.0909. The van der Waals surface area contributed by atoms with Gasteiger partial charge in [0.2, 0.25) is 5.95 Å². The van der Waals surface area contributed by atoms with E-state index in [2.05, 4.69) is 26.0 Å². The summed E-state index contributed by atoms with van der Waals surface area (Å²) in [5.41, 5.74) is 6.95. The van der Waals surface area contributed by atoms with Gasteiger partial charge in [-0.1, -0.05) is 11.6 Å². The van der Waals surface area contributed by atoms with Crippen LogP contribution in [0.5, 0.6) is 0 Å². The van der Waals surface area contributed by atoms with Crippen molar-refractivity contribution in [3.05, 3.63) is 44.9 Å². The van der Waals surface area contributed by atoms with E-state index in [1.807, 2.05) is 0 Å².